The number of phosphoric acid groups is 2. The van der Waals surface area contributed by atoms with E-state index < -0.39 is 97.5 Å². The minimum Gasteiger partial charge on any atom is -0.462 e. The van der Waals surface area contributed by atoms with Gasteiger partial charge in [0, 0.05) is 25.7 Å². The van der Waals surface area contributed by atoms with Crippen LogP contribution < -0.4 is 0 Å². The lowest BCUT2D eigenvalue weighted by molar-refractivity contribution is -0.161. The first-order valence-electron chi connectivity index (χ1n) is 41.5. The van der Waals surface area contributed by atoms with Crippen molar-refractivity contribution in [2.75, 3.05) is 39.6 Å². The van der Waals surface area contributed by atoms with Crippen LogP contribution in [0.4, 0.5) is 0 Å². The summed E-state index contributed by atoms with van der Waals surface area (Å²) in [5, 5.41) is 10.7. The minimum atomic E-state index is -4.99. The second kappa shape index (κ2) is 77.1. The summed E-state index contributed by atoms with van der Waals surface area (Å²) in [4.78, 5) is 73.1. The molecule has 0 bridgehead atoms. The maximum Gasteiger partial charge on any atom is 0.472 e. The molecule has 0 saturated heterocycles. The molecule has 0 aromatic heterocycles. The zero-order chi connectivity index (χ0) is 76.0. The van der Waals surface area contributed by atoms with Gasteiger partial charge in [0.15, 0.2) is 12.2 Å². The fraction of sp³-hybridized carbons (Fsp3) is 0.765. The topological polar surface area (TPSA) is 237 Å². The Morgan fingerprint density at radius 3 is 0.779 bits per heavy atom. The Bertz CT molecular complexity index is 2350. The van der Waals surface area contributed by atoms with Crippen molar-refractivity contribution in [3.8, 4) is 0 Å². The summed E-state index contributed by atoms with van der Waals surface area (Å²) in [6, 6.07) is 0. The zero-order valence-electron chi connectivity index (χ0n) is 65.9. The first kappa shape index (κ1) is 100.0. The number of phosphoric ester groups is 2. The van der Waals surface area contributed by atoms with Crippen molar-refractivity contribution in [1.29, 1.82) is 0 Å². The number of rotatable bonds is 78. The molecule has 0 aromatic carbocycles. The lowest BCUT2D eigenvalue weighted by atomic mass is 10.0. The summed E-state index contributed by atoms with van der Waals surface area (Å²) in [5.74, 6) is -2.25. The molecule has 0 heterocycles. The van der Waals surface area contributed by atoms with Crippen molar-refractivity contribution in [3.63, 3.8) is 0 Å². The number of carbonyl (C=O) groups is 4. The van der Waals surface area contributed by atoms with Crippen molar-refractivity contribution >= 4 is 39.5 Å². The highest BCUT2D eigenvalue weighted by Gasteiger charge is 2.30. The van der Waals surface area contributed by atoms with Gasteiger partial charge in [0.1, 0.15) is 19.3 Å². The summed E-state index contributed by atoms with van der Waals surface area (Å²) in [7, 11) is -9.98. The number of ether oxygens (including phenoxy) is 4. The van der Waals surface area contributed by atoms with E-state index in [4.69, 9.17) is 37.0 Å². The van der Waals surface area contributed by atoms with E-state index >= 15 is 0 Å². The van der Waals surface area contributed by atoms with Gasteiger partial charge < -0.3 is 33.8 Å². The van der Waals surface area contributed by atoms with Gasteiger partial charge >= 0.3 is 39.5 Å². The van der Waals surface area contributed by atoms with Crippen LogP contribution in [0.2, 0.25) is 0 Å². The average molecular weight is 1510 g/mol. The number of allylic oxidation sites excluding steroid dienone is 16. The minimum absolute atomic E-state index is 0.0163. The summed E-state index contributed by atoms with van der Waals surface area (Å²) in [6.07, 6.45) is 82.4. The van der Waals surface area contributed by atoms with Crippen LogP contribution in [0, 0.1) is 0 Å². The van der Waals surface area contributed by atoms with Crippen molar-refractivity contribution in [3.05, 3.63) is 97.2 Å². The fourth-order valence-electron chi connectivity index (χ4n) is 11.2. The van der Waals surface area contributed by atoms with Gasteiger partial charge in [0.25, 0.3) is 0 Å². The number of aliphatic hydroxyl groups excluding tert-OH is 1. The molecule has 0 amide bonds. The Balaban J connectivity index is 5.42. The molecule has 2 unspecified atom stereocenters. The number of esters is 4. The van der Waals surface area contributed by atoms with E-state index in [1.165, 1.54) is 135 Å². The van der Waals surface area contributed by atoms with Crippen molar-refractivity contribution in [2.24, 2.45) is 0 Å². The molecule has 5 atom stereocenters. The first-order chi connectivity index (χ1) is 50.7. The molecule has 0 fully saturated rings. The standard InChI is InChI=1S/C85H150O17P2/c1-5-9-13-17-21-25-29-33-37-39-43-47-51-55-59-63-67-71-84(89)101-80(75-95-82(87)69-65-61-57-53-49-45-41-35-31-27-23-19-15-11-7-3)77-99-103(91,92)97-73-79(86)74-98-104(93,94)100-78-81(76-96-83(88)70-66-62-58-54-50-46-42-36-32-28-24-20-16-12-8-4)102-85(90)72-68-64-60-56-52-48-44-40-38-34-30-26-22-18-14-10-6-2/h21,23-25,27-28,33,35-37,41-43,47,55,59,79-81,86H,5-20,22,26,29-32,34,38-40,44-46,48-54,56-58,60-78H2,1-4H3,(H,91,92)(H,93,94)/b25-21-,27-23-,28-24-,37-33-,41-35-,42-36-,47-43-,59-55-/t79-,80-,81-/m1/s1. The van der Waals surface area contributed by atoms with Gasteiger partial charge in [-0.15, -0.1) is 0 Å². The van der Waals surface area contributed by atoms with Crippen LogP contribution in [0.3, 0.4) is 0 Å². The van der Waals surface area contributed by atoms with Gasteiger partial charge in [-0.3, -0.25) is 37.3 Å². The van der Waals surface area contributed by atoms with E-state index in [1.54, 1.807) is 0 Å². The SMILES string of the molecule is CCCCC/C=C\C/C=C\C/C=C\C/C=C\CCCC(=O)O[C@H](COC(=O)CCCCCCC/C=C\C/C=C\CCCCC)COP(=O)(O)OC[C@@H](O)COP(=O)(O)OC[C@@H](COC(=O)CCCCCCC/C=C\C/C=C\CCCCC)OC(=O)CCCCCCCCCCCCCCCCCCC. The highest BCUT2D eigenvalue weighted by atomic mass is 31.2. The molecule has 0 rings (SSSR count). The summed E-state index contributed by atoms with van der Waals surface area (Å²) in [6.45, 7) is 4.76. The quantitative estimate of drug-likeness (QED) is 0.0169. The van der Waals surface area contributed by atoms with Gasteiger partial charge in [0.05, 0.1) is 26.4 Å². The Kier molecular flexibility index (Phi) is 74.2. The monoisotopic (exact) mass is 1510 g/mol. The zero-order valence-corrected chi connectivity index (χ0v) is 67.7. The highest BCUT2D eigenvalue weighted by molar-refractivity contribution is 7.47. The number of hydrogen-bond acceptors (Lipinski definition) is 15. The van der Waals surface area contributed by atoms with E-state index in [2.05, 4.69) is 113 Å². The number of carbonyl (C=O) groups excluding carboxylic acids is 4. The molecule has 0 aliphatic heterocycles. The second-order valence-electron chi connectivity index (χ2n) is 27.7. The van der Waals surface area contributed by atoms with Crippen LogP contribution in [0.15, 0.2) is 97.2 Å². The van der Waals surface area contributed by atoms with Crippen LogP contribution in [-0.2, 0) is 65.4 Å². The van der Waals surface area contributed by atoms with E-state index in [1.807, 2.05) is 12.2 Å². The van der Waals surface area contributed by atoms with Gasteiger partial charge in [-0.2, -0.15) is 0 Å². The number of aliphatic hydroxyl groups is 1. The third kappa shape index (κ3) is 76.2. The van der Waals surface area contributed by atoms with Crippen LogP contribution in [0.5, 0.6) is 0 Å². The Hall–Kier alpha value is -4.02. The Labute approximate surface area is 633 Å². The molecule has 0 radical (unpaired) electrons. The molecule has 0 aliphatic carbocycles. The number of hydrogen-bond donors (Lipinski definition) is 3. The normalized spacial score (nSPS) is 14.3. The third-order valence-electron chi connectivity index (χ3n) is 17.5. The smallest absolute Gasteiger partial charge is 0.462 e. The molecule has 602 valence electrons. The molecule has 0 aliphatic rings. The van der Waals surface area contributed by atoms with Crippen LogP contribution in [0.1, 0.15) is 362 Å². The molecular formula is C85H150O17P2. The molecular weight excluding hydrogens is 1350 g/mol. The Morgan fingerprint density at radius 2 is 0.481 bits per heavy atom. The predicted molar refractivity (Wildman–Crippen MR) is 427 cm³/mol. The second-order valence-corrected chi connectivity index (χ2v) is 30.6. The molecule has 3 N–H and O–H groups in total. The van der Waals surface area contributed by atoms with Crippen LogP contribution in [0.25, 0.3) is 0 Å². The molecule has 0 saturated carbocycles. The number of unbranched alkanes of at least 4 members (excludes halogenated alkanes) is 36. The first-order valence-corrected chi connectivity index (χ1v) is 44.5. The van der Waals surface area contributed by atoms with Gasteiger partial charge in [-0.25, -0.2) is 9.13 Å². The van der Waals surface area contributed by atoms with E-state index in [9.17, 15) is 43.2 Å². The maximum absolute atomic E-state index is 13.1. The molecule has 104 heavy (non-hydrogen) atoms. The molecule has 0 spiro atoms. The van der Waals surface area contributed by atoms with Crippen molar-refractivity contribution < 1.29 is 80.2 Å². The summed E-state index contributed by atoms with van der Waals surface area (Å²) in [5.41, 5.74) is 0. The lowest BCUT2D eigenvalue weighted by Crippen LogP contribution is -2.30. The molecule has 0 aromatic rings. The summed E-state index contributed by atoms with van der Waals surface area (Å²) < 4.78 is 68.6. The van der Waals surface area contributed by atoms with Gasteiger partial charge in [-0.05, 0) is 128 Å². The fourth-order valence-corrected chi connectivity index (χ4v) is 12.7. The van der Waals surface area contributed by atoms with E-state index in [0.717, 1.165) is 141 Å². The lowest BCUT2D eigenvalue weighted by Gasteiger charge is -2.21. The Morgan fingerprint density at radius 1 is 0.269 bits per heavy atom. The van der Waals surface area contributed by atoms with Crippen molar-refractivity contribution in [2.45, 2.75) is 380 Å². The van der Waals surface area contributed by atoms with E-state index in [-0.39, 0.29) is 25.7 Å². The predicted octanol–water partition coefficient (Wildman–Crippen LogP) is 24.3. The van der Waals surface area contributed by atoms with Gasteiger partial charge in [-0.1, -0.05) is 305 Å². The van der Waals surface area contributed by atoms with Gasteiger partial charge in [0.2, 0.25) is 0 Å². The largest absolute Gasteiger partial charge is 0.472 e. The maximum atomic E-state index is 13.1. The molecule has 17 nitrogen and oxygen atoms in total. The summed E-state index contributed by atoms with van der Waals surface area (Å²) >= 11 is 0. The highest BCUT2D eigenvalue weighted by Crippen LogP contribution is 2.45. The molecule has 19 heteroatoms. The third-order valence-corrected chi connectivity index (χ3v) is 19.4. The van der Waals surface area contributed by atoms with Crippen LogP contribution >= 0.6 is 15.6 Å². The van der Waals surface area contributed by atoms with Crippen LogP contribution in [-0.4, -0.2) is 96.7 Å². The van der Waals surface area contributed by atoms with E-state index in [0.29, 0.717) is 32.1 Å². The van der Waals surface area contributed by atoms with Crippen molar-refractivity contribution in [1.82, 2.24) is 0 Å². The average Bonchev–Trinajstić information content (AvgIpc) is 0.907.